The first-order valence-electron chi connectivity index (χ1n) is 8.15. The van der Waals surface area contributed by atoms with Crippen LogP contribution in [0.15, 0.2) is 54.6 Å². The van der Waals surface area contributed by atoms with E-state index in [1.165, 1.54) is 0 Å². The van der Waals surface area contributed by atoms with Crippen molar-refractivity contribution >= 4 is 5.91 Å². The fraction of sp³-hybridized carbons (Fsp3) is 0.350. The van der Waals surface area contributed by atoms with Crippen LogP contribution in [0.25, 0.3) is 0 Å². The molecule has 0 saturated carbocycles. The van der Waals surface area contributed by atoms with Gasteiger partial charge in [0, 0.05) is 17.6 Å². The Morgan fingerprint density at radius 1 is 1.09 bits per heavy atom. The van der Waals surface area contributed by atoms with Gasteiger partial charge in [-0.1, -0.05) is 30.3 Å². The summed E-state index contributed by atoms with van der Waals surface area (Å²) in [5.41, 5.74) is 1.82. The number of benzene rings is 2. The van der Waals surface area contributed by atoms with Crippen molar-refractivity contribution in [3.05, 3.63) is 65.7 Å². The standard InChI is InChI=1S/C20H23NO2/c1-20(2)13-6-14-21(20)19(22)17-9-11-18(12-10-17)23-15-16-7-4-3-5-8-16/h3-5,7-12H,6,13-15H2,1-2H3. The van der Waals surface area contributed by atoms with Crippen LogP contribution in [0.1, 0.15) is 42.6 Å². The molecule has 23 heavy (non-hydrogen) atoms. The van der Waals surface area contributed by atoms with Crippen molar-refractivity contribution in [2.75, 3.05) is 6.54 Å². The lowest BCUT2D eigenvalue weighted by molar-refractivity contribution is 0.0652. The third-order valence-corrected chi connectivity index (χ3v) is 4.50. The van der Waals surface area contributed by atoms with E-state index in [2.05, 4.69) is 13.8 Å². The molecule has 2 aromatic carbocycles. The summed E-state index contributed by atoms with van der Waals surface area (Å²) in [5.74, 6) is 0.896. The predicted octanol–water partition coefficient (Wildman–Crippen LogP) is 4.28. The van der Waals surface area contributed by atoms with Crippen molar-refractivity contribution in [3.8, 4) is 5.75 Å². The zero-order valence-corrected chi connectivity index (χ0v) is 13.8. The van der Waals surface area contributed by atoms with Gasteiger partial charge in [-0.05, 0) is 56.5 Å². The Labute approximate surface area is 137 Å². The van der Waals surface area contributed by atoms with Crippen molar-refractivity contribution in [2.45, 2.75) is 38.8 Å². The Morgan fingerprint density at radius 2 is 1.78 bits per heavy atom. The number of hydrogen-bond acceptors (Lipinski definition) is 2. The average molecular weight is 309 g/mol. The zero-order valence-electron chi connectivity index (χ0n) is 13.8. The van der Waals surface area contributed by atoms with Crippen molar-refractivity contribution in [2.24, 2.45) is 0 Å². The smallest absolute Gasteiger partial charge is 0.254 e. The van der Waals surface area contributed by atoms with E-state index in [-0.39, 0.29) is 11.4 Å². The van der Waals surface area contributed by atoms with Gasteiger partial charge in [0.2, 0.25) is 0 Å². The highest BCUT2D eigenvalue weighted by atomic mass is 16.5. The van der Waals surface area contributed by atoms with E-state index in [1.54, 1.807) is 0 Å². The van der Waals surface area contributed by atoms with Crippen LogP contribution in [-0.2, 0) is 6.61 Å². The molecule has 3 heteroatoms. The van der Waals surface area contributed by atoms with Crippen LogP contribution >= 0.6 is 0 Å². The highest BCUT2D eigenvalue weighted by molar-refractivity contribution is 5.95. The van der Waals surface area contributed by atoms with Crippen LogP contribution in [0.4, 0.5) is 0 Å². The molecule has 0 atom stereocenters. The largest absolute Gasteiger partial charge is 0.489 e. The van der Waals surface area contributed by atoms with Gasteiger partial charge >= 0.3 is 0 Å². The summed E-state index contributed by atoms with van der Waals surface area (Å²) in [4.78, 5) is 14.6. The molecule has 120 valence electrons. The van der Waals surface area contributed by atoms with E-state index in [0.29, 0.717) is 6.61 Å². The second kappa shape index (κ2) is 6.45. The quantitative estimate of drug-likeness (QED) is 0.843. The number of amides is 1. The summed E-state index contributed by atoms with van der Waals surface area (Å²) in [6.45, 7) is 5.65. The third kappa shape index (κ3) is 3.55. The second-order valence-corrected chi connectivity index (χ2v) is 6.67. The Kier molecular flexibility index (Phi) is 4.37. The highest BCUT2D eigenvalue weighted by Gasteiger charge is 2.35. The summed E-state index contributed by atoms with van der Waals surface area (Å²) >= 11 is 0. The van der Waals surface area contributed by atoms with Gasteiger partial charge in [-0.15, -0.1) is 0 Å². The molecule has 3 rings (SSSR count). The maximum atomic E-state index is 12.6. The Hall–Kier alpha value is -2.29. The Balaban J connectivity index is 1.64. The molecule has 0 unspecified atom stereocenters. The minimum absolute atomic E-state index is 0.0421. The number of carbonyl (C=O) groups excluding carboxylic acids is 1. The molecule has 0 bridgehead atoms. The fourth-order valence-electron chi connectivity index (χ4n) is 3.07. The Morgan fingerprint density at radius 3 is 2.39 bits per heavy atom. The molecule has 2 aromatic rings. The molecule has 1 aliphatic rings. The lowest BCUT2D eigenvalue weighted by atomic mass is 10.0. The monoisotopic (exact) mass is 309 g/mol. The van der Waals surface area contributed by atoms with Crippen molar-refractivity contribution in [1.29, 1.82) is 0 Å². The molecular formula is C20H23NO2. The minimum atomic E-state index is -0.0421. The number of nitrogens with zero attached hydrogens (tertiary/aromatic N) is 1. The first-order valence-corrected chi connectivity index (χ1v) is 8.15. The van der Waals surface area contributed by atoms with Gasteiger partial charge in [0.15, 0.2) is 0 Å². The number of hydrogen-bond donors (Lipinski definition) is 0. The van der Waals surface area contributed by atoms with E-state index < -0.39 is 0 Å². The topological polar surface area (TPSA) is 29.5 Å². The second-order valence-electron chi connectivity index (χ2n) is 6.67. The van der Waals surface area contributed by atoms with E-state index in [4.69, 9.17) is 4.74 Å². The molecule has 1 fully saturated rings. The maximum absolute atomic E-state index is 12.6. The van der Waals surface area contributed by atoms with E-state index in [1.807, 2.05) is 59.5 Å². The number of ether oxygens (including phenoxy) is 1. The molecule has 1 aliphatic heterocycles. The predicted molar refractivity (Wildman–Crippen MR) is 91.6 cm³/mol. The van der Waals surface area contributed by atoms with Gasteiger partial charge in [-0.25, -0.2) is 0 Å². The zero-order chi connectivity index (χ0) is 16.3. The minimum Gasteiger partial charge on any atom is -0.489 e. The average Bonchev–Trinajstić information content (AvgIpc) is 2.93. The summed E-state index contributed by atoms with van der Waals surface area (Å²) in [7, 11) is 0. The SMILES string of the molecule is CC1(C)CCCN1C(=O)c1ccc(OCc2ccccc2)cc1. The molecule has 1 amide bonds. The van der Waals surface area contributed by atoms with Crippen molar-refractivity contribution < 1.29 is 9.53 Å². The van der Waals surface area contributed by atoms with E-state index in [9.17, 15) is 4.79 Å². The maximum Gasteiger partial charge on any atom is 0.254 e. The summed E-state index contributed by atoms with van der Waals surface area (Å²) in [6, 6.07) is 17.5. The highest BCUT2D eigenvalue weighted by Crippen LogP contribution is 2.30. The van der Waals surface area contributed by atoms with Gasteiger partial charge in [0.1, 0.15) is 12.4 Å². The van der Waals surface area contributed by atoms with Crippen LogP contribution < -0.4 is 4.74 Å². The van der Waals surface area contributed by atoms with Crippen LogP contribution in [-0.4, -0.2) is 22.9 Å². The lowest BCUT2D eigenvalue weighted by Crippen LogP contribution is -2.42. The van der Waals surface area contributed by atoms with Crippen molar-refractivity contribution in [1.82, 2.24) is 4.90 Å². The molecule has 1 saturated heterocycles. The molecule has 1 heterocycles. The normalized spacial score (nSPS) is 16.3. The summed E-state index contributed by atoms with van der Waals surface area (Å²) in [5, 5.41) is 0. The van der Waals surface area contributed by atoms with Gasteiger partial charge < -0.3 is 9.64 Å². The number of likely N-dealkylation sites (tertiary alicyclic amines) is 1. The molecule has 0 aliphatic carbocycles. The molecule has 0 N–H and O–H groups in total. The molecule has 0 spiro atoms. The van der Waals surface area contributed by atoms with Crippen LogP contribution in [0.2, 0.25) is 0 Å². The first kappa shape index (κ1) is 15.6. The van der Waals surface area contributed by atoms with E-state index >= 15 is 0 Å². The van der Waals surface area contributed by atoms with Crippen LogP contribution in [0.5, 0.6) is 5.75 Å². The van der Waals surface area contributed by atoms with Crippen molar-refractivity contribution in [3.63, 3.8) is 0 Å². The van der Waals surface area contributed by atoms with Crippen LogP contribution in [0.3, 0.4) is 0 Å². The fourth-order valence-corrected chi connectivity index (χ4v) is 3.07. The molecule has 3 nitrogen and oxygen atoms in total. The Bertz CT molecular complexity index is 662. The lowest BCUT2D eigenvalue weighted by Gasteiger charge is -2.31. The van der Waals surface area contributed by atoms with Gasteiger partial charge in [-0.3, -0.25) is 4.79 Å². The molecule has 0 radical (unpaired) electrons. The molecule has 0 aromatic heterocycles. The van der Waals surface area contributed by atoms with Gasteiger partial charge in [-0.2, -0.15) is 0 Å². The van der Waals surface area contributed by atoms with Gasteiger partial charge in [0.05, 0.1) is 0 Å². The number of carbonyl (C=O) groups is 1. The van der Waals surface area contributed by atoms with Crippen LogP contribution in [0, 0.1) is 0 Å². The third-order valence-electron chi connectivity index (χ3n) is 4.50. The van der Waals surface area contributed by atoms with E-state index in [0.717, 1.165) is 36.3 Å². The summed E-state index contributed by atoms with van der Waals surface area (Å²) in [6.07, 6.45) is 2.15. The number of rotatable bonds is 4. The first-order chi connectivity index (χ1) is 11.1. The summed E-state index contributed by atoms with van der Waals surface area (Å²) < 4.78 is 5.77. The molecular weight excluding hydrogens is 286 g/mol. The van der Waals surface area contributed by atoms with Gasteiger partial charge in [0.25, 0.3) is 5.91 Å².